The quantitative estimate of drug-likeness (QED) is 0.541. The lowest BCUT2D eigenvalue weighted by molar-refractivity contribution is -0.141. The largest absolute Gasteiger partial charge is 0.374 e. The van der Waals surface area contributed by atoms with Crippen molar-refractivity contribution in [2.75, 3.05) is 11.9 Å². The Morgan fingerprint density at radius 3 is 2.91 bits per heavy atom. The first kappa shape index (κ1) is 15.6. The molecule has 1 fully saturated rings. The van der Waals surface area contributed by atoms with E-state index in [9.17, 15) is 19.5 Å². The number of piperidine rings is 1. The summed E-state index contributed by atoms with van der Waals surface area (Å²) in [4.78, 5) is 36.4. The Labute approximate surface area is 132 Å². The van der Waals surface area contributed by atoms with Gasteiger partial charge in [-0.15, -0.1) is 0 Å². The standard InChI is InChI=1S/C15H18N4O4/c16-6-13(21)17-10-3-1-2-8-9(10)7-19(15(8)23)11-4-5-12(20)18-14(11)22/h1-3,11,15,23H,4-7,16H2,(H,17,21)(H,18,20,22). The van der Waals surface area contributed by atoms with Crippen molar-refractivity contribution in [1.82, 2.24) is 10.2 Å². The van der Waals surface area contributed by atoms with Gasteiger partial charge in [0.15, 0.2) is 0 Å². The highest BCUT2D eigenvalue weighted by Crippen LogP contribution is 2.38. The molecule has 0 aliphatic carbocycles. The second kappa shape index (κ2) is 6.07. The van der Waals surface area contributed by atoms with Gasteiger partial charge < -0.3 is 16.2 Å². The molecule has 2 heterocycles. The number of fused-ring (bicyclic) bond motifs is 1. The molecule has 0 bridgehead atoms. The van der Waals surface area contributed by atoms with Crippen LogP contribution in [0.4, 0.5) is 5.69 Å². The number of anilines is 1. The average Bonchev–Trinajstić information content (AvgIpc) is 2.86. The van der Waals surface area contributed by atoms with E-state index in [-0.39, 0.29) is 24.8 Å². The molecule has 0 saturated carbocycles. The molecule has 23 heavy (non-hydrogen) atoms. The van der Waals surface area contributed by atoms with Crippen LogP contribution in [0.25, 0.3) is 0 Å². The summed E-state index contributed by atoms with van der Waals surface area (Å²) in [5.41, 5.74) is 7.29. The maximum atomic E-state index is 12.0. The van der Waals surface area contributed by atoms with E-state index in [1.54, 1.807) is 23.1 Å². The van der Waals surface area contributed by atoms with Crippen LogP contribution in [0.5, 0.6) is 0 Å². The first-order valence-electron chi connectivity index (χ1n) is 7.40. The van der Waals surface area contributed by atoms with Crippen molar-refractivity contribution in [1.29, 1.82) is 0 Å². The molecule has 3 amide bonds. The van der Waals surface area contributed by atoms with Gasteiger partial charge in [0, 0.05) is 24.2 Å². The zero-order valence-electron chi connectivity index (χ0n) is 12.4. The Morgan fingerprint density at radius 1 is 1.43 bits per heavy atom. The lowest BCUT2D eigenvalue weighted by Gasteiger charge is -2.31. The molecule has 2 unspecified atom stereocenters. The first-order chi connectivity index (χ1) is 11.0. The van der Waals surface area contributed by atoms with Crippen molar-refractivity contribution in [3.8, 4) is 0 Å². The zero-order valence-corrected chi connectivity index (χ0v) is 12.4. The lowest BCUT2D eigenvalue weighted by atomic mass is 10.0. The van der Waals surface area contributed by atoms with Crippen LogP contribution in [-0.4, -0.2) is 40.3 Å². The molecular weight excluding hydrogens is 300 g/mol. The highest BCUT2D eigenvalue weighted by molar-refractivity contribution is 6.00. The predicted molar refractivity (Wildman–Crippen MR) is 80.8 cm³/mol. The summed E-state index contributed by atoms with van der Waals surface area (Å²) in [6.07, 6.45) is -0.351. The SMILES string of the molecule is NCC(=O)Nc1cccc2c1CN(C1CCC(=O)NC1=O)C2O. The number of amides is 3. The third-order valence-electron chi connectivity index (χ3n) is 4.22. The fourth-order valence-electron chi connectivity index (χ4n) is 3.07. The second-order valence-electron chi connectivity index (χ2n) is 5.64. The molecule has 1 aromatic rings. The molecule has 2 aliphatic rings. The van der Waals surface area contributed by atoms with Gasteiger partial charge in [-0.05, 0) is 18.1 Å². The van der Waals surface area contributed by atoms with Gasteiger partial charge in [0.1, 0.15) is 6.23 Å². The summed E-state index contributed by atoms with van der Waals surface area (Å²) >= 11 is 0. The monoisotopic (exact) mass is 318 g/mol. The number of hydrogen-bond donors (Lipinski definition) is 4. The van der Waals surface area contributed by atoms with Crippen molar-refractivity contribution < 1.29 is 19.5 Å². The van der Waals surface area contributed by atoms with Crippen molar-refractivity contribution in [2.24, 2.45) is 5.73 Å². The van der Waals surface area contributed by atoms with Crippen LogP contribution in [-0.2, 0) is 20.9 Å². The predicted octanol–water partition coefficient (Wildman–Crippen LogP) is -0.805. The Morgan fingerprint density at radius 2 is 2.22 bits per heavy atom. The normalized spacial score (nSPS) is 24.3. The highest BCUT2D eigenvalue weighted by atomic mass is 16.3. The third-order valence-corrected chi connectivity index (χ3v) is 4.22. The molecule has 1 saturated heterocycles. The molecule has 0 aromatic heterocycles. The minimum Gasteiger partial charge on any atom is -0.374 e. The molecule has 0 radical (unpaired) electrons. The number of carbonyl (C=O) groups is 3. The van der Waals surface area contributed by atoms with Gasteiger partial charge in [-0.3, -0.25) is 24.6 Å². The molecule has 8 heteroatoms. The molecular formula is C15H18N4O4. The van der Waals surface area contributed by atoms with Crippen LogP contribution in [0, 0.1) is 0 Å². The Balaban J connectivity index is 1.85. The van der Waals surface area contributed by atoms with Gasteiger partial charge >= 0.3 is 0 Å². The molecule has 5 N–H and O–H groups in total. The van der Waals surface area contributed by atoms with E-state index in [4.69, 9.17) is 5.73 Å². The maximum Gasteiger partial charge on any atom is 0.244 e. The summed E-state index contributed by atoms with van der Waals surface area (Å²) in [5.74, 6) is -1.03. The van der Waals surface area contributed by atoms with Crippen LogP contribution in [0.3, 0.4) is 0 Å². The van der Waals surface area contributed by atoms with E-state index in [2.05, 4.69) is 10.6 Å². The summed E-state index contributed by atoms with van der Waals surface area (Å²) in [6, 6.07) is 4.63. The number of imide groups is 1. The molecule has 8 nitrogen and oxygen atoms in total. The highest BCUT2D eigenvalue weighted by Gasteiger charge is 2.40. The van der Waals surface area contributed by atoms with Crippen LogP contribution < -0.4 is 16.4 Å². The Bertz CT molecular complexity index is 675. The number of nitrogens with two attached hydrogens (primary N) is 1. The van der Waals surface area contributed by atoms with Crippen LogP contribution >= 0.6 is 0 Å². The number of hydrogen-bond acceptors (Lipinski definition) is 6. The van der Waals surface area contributed by atoms with Gasteiger partial charge in [0.05, 0.1) is 12.6 Å². The van der Waals surface area contributed by atoms with Crippen molar-refractivity contribution in [2.45, 2.75) is 31.7 Å². The number of rotatable bonds is 3. The number of nitrogens with one attached hydrogen (secondary N) is 2. The van der Waals surface area contributed by atoms with Crippen LogP contribution in [0.2, 0.25) is 0 Å². The lowest BCUT2D eigenvalue weighted by Crippen LogP contribution is -2.51. The van der Waals surface area contributed by atoms with Gasteiger partial charge in [-0.2, -0.15) is 0 Å². The third kappa shape index (κ3) is 2.83. The summed E-state index contributed by atoms with van der Waals surface area (Å²) < 4.78 is 0. The van der Waals surface area contributed by atoms with Gasteiger partial charge in [-0.1, -0.05) is 12.1 Å². The second-order valence-corrected chi connectivity index (χ2v) is 5.64. The minimum absolute atomic E-state index is 0.136. The Hall–Kier alpha value is -2.29. The topological polar surface area (TPSA) is 125 Å². The summed E-state index contributed by atoms with van der Waals surface area (Å²) in [7, 11) is 0. The van der Waals surface area contributed by atoms with E-state index in [1.165, 1.54) is 0 Å². The van der Waals surface area contributed by atoms with Crippen molar-refractivity contribution in [3.63, 3.8) is 0 Å². The number of benzene rings is 1. The first-order valence-corrected chi connectivity index (χ1v) is 7.40. The molecule has 2 aliphatic heterocycles. The fourth-order valence-corrected chi connectivity index (χ4v) is 3.07. The average molecular weight is 318 g/mol. The van der Waals surface area contributed by atoms with Crippen LogP contribution in [0.15, 0.2) is 18.2 Å². The van der Waals surface area contributed by atoms with Gasteiger partial charge in [-0.25, -0.2) is 0 Å². The van der Waals surface area contributed by atoms with Crippen molar-refractivity contribution in [3.05, 3.63) is 29.3 Å². The molecule has 0 spiro atoms. The minimum atomic E-state index is -0.955. The zero-order chi connectivity index (χ0) is 16.6. The van der Waals surface area contributed by atoms with E-state index < -0.39 is 18.2 Å². The fraction of sp³-hybridized carbons (Fsp3) is 0.400. The molecule has 3 rings (SSSR count). The molecule has 2 atom stereocenters. The van der Waals surface area contributed by atoms with E-state index >= 15 is 0 Å². The van der Waals surface area contributed by atoms with Crippen LogP contribution in [0.1, 0.15) is 30.2 Å². The Kier molecular flexibility index (Phi) is 4.12. The van der Waals surface area contributed by atoms with E-state index in [0.29, 0.717) is 24.2 Å². The number of carbonyl (C=O) groups excluding carboxylic acids is 3. The van der Waals surface area contributed by atoms with E-state index in [1.807, 2.05) is 0 Å². The number of aliphatic hydroxyl groups is 1. The van der Waals surface area contributed by atoms with E-state index in [0.717, 1.165) is 5.56 Å². The molecule has 122 valence electrons. The smallest absolute Gasteiger partial charge is 0.244 e. The summed E-state index contributed by atoms with van der Waals surface area (Å²) in [5, 5.41) is 15.5. The maximum absolute atomic E-state index is 12.0. The van der Waals surface area contributed by atoms with Crippen molar-refractivity contribution >= 4 is 23.4 Å². The number of aliphatic hydroxyl groups excluding tert-OH is 1. The van der Waals surface area contributed by atoms with Gasteiger partial charge in [0.25, 0.3) is 0 Å². The van der Waals surface area contributed by atoms with Gasteiger partial charge in [0.2, 0.25) is 17.7 Å². The molecule has 1 aromatic carbocycles. The number of nitrogens with zero attached hydrogens (tertiary/aromatic N) is 1. The summed E-state index contributed by atoms with van der Waals surface area (Å²) in [6.45, 7) is 0.173.